The second-order valence-corrected chi connectivity index (χ2v) is 6.63. The summed E-state index contributed by atoms with van der Waals surface area (Å²) in [5, 5.41) is 17.2. The van der Waals surface area contributed by atoms with Crippen LogP contribution in [0.4, 0.5) is 0 Å². The van der Waals surface area contributed by atoms with Crippen LogP contribution in [-0.2, 0) is 21.1 Å². The van der Waals surface area contributed by atoms with Gasteiger partial charge in [0.05, 0.1) is 0 Å². The van der Waals surface area contributed by atoms with Crippen LogP contribution in [0.3, 0.4) is 0 Å². The second kappa shape index (κ2) is 5.90. The van der Waals surface area contributed by atoms with Gasteiger partial charge in [0.25, 0.3) is 0 Å². The molecule has 0 bridgehead atoms. The normalized spacial score (nSPS) is 16.0. The number of benzene rings is 1. The molecule has 21 heavy (non-hydrogen) atoms. The molecular weight excluding hydrogens is 303 g/mol. The molecule has 0 saturated heterocycles. The van der Waals surface area contributed by atoms with Crippen LogP contribution in [0.25, 0.3) is 0 Å². The van der Waals surface area contributed by atoms with Gasteiger partial charge in [0.2, 0.25) is 0 Å². The molecule has 0 aliphatic rings. The lowest BCUT2D eigenvalue weighted by Gasteiger charge is -2.22. The first-order valence-corrected chi connectivity index (χ1v) is 7.39. The van der Waals surface area contributed by atoms with E-state index in [9.17, 15) is 29.3 Å². The van der Waals surface area contributed by atoms with Crippen LogP contribution in [0.15, 0.2) is 24.3 Å². The minimum atomic E-state index is -5.09. The predicted molar refractivity (Wildman–Crippen MR) is 72.1 cm³/mol. The number of rotatable bonds is 6. The summed E-state index contributed by atoms with van der Waals surface area (Å²) < 4.78 is 11.5. The summed E-state index contributed by atoms with van der Waals surface area (Å²) in [5.74, 6) is -1.24. The van der Waals surface area contributed by atoms with Crippen LogP contribution >= 0.6 is 7.60 Å². The predicted octanol–water partition coefficient (Wildman–Crippen LogP) is 0.268. The molecule has 1 aromatic carbocycles. The summed E-state index contributed by atoms with van der Waals surface area (Å²) in [4.78, 5) is 39.3. The third-order valence-corrected chi connectivity index (χ3v) is 4.73. The Kier molecular flexibility index (Phi) is 4.85. The van der Waals surface area contributed by atoms with Gasteiger partial charge in [-0.3, -0.25) is 19.5 Å². The summed E-state index contributed by atoms with van der Waals surface area (Å²) in [6.45, 7) is 0.823. The number of hydrogen-bond donors (Lipinski definition) is 4. The maximum atomic E-state index is 11.5. The number of nitrogens with two attached hydrogens (primary N) is 1. The highest BCUT2D eigenvalue weighted by Crippen LogP contribution is 2.57. The van der Waals surface area contributed by atoms with E-state index in [0.717, 1.165) is 6.92 Å². The number of aliphatic carboxylic acids is 1. The molecule has 1 aromatic rings. The van der Waals surface area contributed by atoms with Gasteiger partial charge in [-0.05, 0) is 18.1 Å². The molecule has 0 spiro atoms. The van der Waals surface area contributed by atoms with Gasteiger partial charge in [-0.25, -0.2) is 0 Å². The Morgan fingerprint density at radius 3 is 2.52 bits per heavy atom. The zero-order valence-corrected chi connectivity index (χ0v) is 11.9. The Labute approximate surface area is 119 Å². The van der Waals surface area contributed by atoms with Gasteiger partial charge in [0.15, 0.2) is 0 Å². The Balaban J connectivity index is 3.28. The molecule has 0 aromatic heterocycles. The van der Waals surface area contributed by atoms with Crippen molar-refractivity contribution in [1.29, 1.82) is 0 Å². The number of nitro groups is 1. The fourth-order valence-electron chi connectivity index (χ4n) is 1.71. The van der Waals surface area contributed by atoms with Gasteiger partial charge in [-0.1, -0.05) is 18.2 Å². The summed E-state index contributed by atoms with van der Waals surface area (Å²) in [6.07, 6.45) is -0.113. The Morgan fingerprint density at radius 2 is 2.10 bits per heavy atom. The SMILES string of the molecule is CC(c1cccc(C[C@H](N)C(=O)O)c1)([N+](=O)[O-])P(=O)(O)O. The van der Waals surface area contributed by atoms with E-state index >= 15 is 0 Å². The van der Waals surface area contributed by atoms with Crippen molar-refractivity contribution in [3.8, 4) is 0 Å². The van der Waals surface area contributed by atoms with Gasteiger partial charge in [0.1, 0.15) is 6.04 Å². The van der Waals surface area contributed by atoms with E-state index < -0.39 is 29.8 Å². The van der Waals surface area contributed by atoms with Crippen molar-refractivity contribution >= 4 is 13.6 Å². The highest BCUT2D eigenvalue weighted by atomic mass is 31.2. The van der Waals surface area contributed by atoms with Gasteiger partial charge in [-0.15, -0.1) is 0 Å². The van der Waals surface area contributed by atoms with Crippen molar-refractivity contribution < 1.29 is 29.2 Å². The third-order valence-electron chi connectivity index (χ3n) is 3.17. The van der Waals surface area contributed by atoms with Gasteiger partial charge in [-0.2, -0.15) is 0 Å². The summed E-state index contributed by atoms with van der Waals surface area (Å²) in [6, 6.07) is 4.02. The standard InChI is InChI=1S/C11H15N2O7P/c1-11(13(16)17,21(18,19)20)8-4-2-3-7(5-8)6-9(12)10(14)15/h2-5,9H,6,12H2,1H3,(H,14,15)(H2,18,19,20)/t9-,11?/m0/s1. The molecule has 9 nitrogen and oxygen atoms in total. The van der Waals surface area contributed by atoms with Crippen LogP contribution in [0, 0.1) is 10.1 Å². The lowest BCUT2D eigenvalue weighted by atomic mass is 10.0. The monoisotopic (exact) mass is 318 g/mol. The topological polar surface area (TPSA) is 164 Å². The molecule has 0 aliphatic carbocycles. The minimum absolute atomic E-state index is 0.113. The number of carboxylic acids is 1. The fourth-order valence-corrected chi connectivity index (χ4v) is 2.40. The van der Waals surface area contributed by atoms with Crippen LogP contribution in [0.1, 0.15) is 18.1 Å². The highest BCUT2D eigenvalue weighted by Gasteiger charge is 2.56. The fraction of sp³-hybridized carbons (Fsp3) is 0.364. The molecule has 10 heteroatoms. The number of hydrogen-bond acceptors (Lipinski definition) is 5. The molecule has 2 atom stereocenters. The van der Waals surface area contributed by atoms with Gasteiger partial charge < -0.3 is 20.6 Å². The lowest BCUT2D eigenvalue weighted by Crippen LogP contribution is -2.33. The Morgan fingerprint density at radius 1 is 1.52 bits per heavy atom. The van der Waals surface area contributed by atoms with Crippen molar-refractivity contribution in [2.45, 2.75) is 24.7 Å². The van der Waals surface area contributed by atoms with Crippen molar-refractivity contribution in [1.82, 2.24) is 0 Å². The second-order valence-electron chi connectivity index (χ2n) is 4.67. The molecule has 1 unspecified atom stereocenters. The maximum Gasteiger partial charge on any atom is 0.406 e. The van der Waals surface area contributed by atoms with Crippen LogP contribution in [-0.4, -0.2) is 31.8 Å². The molecule has 0 fully saturated rings. The quantitative estimate of drug-likeness (QED) is 0.329. The molecule has 5 N–H and O–H groups in total. The molecule has 0 amide bonds. The first-order valence-electron chi connectivity index (χ1n) is 5.78. The molecule has 0 radical (unpaired) electrons. The maximum absolute atomic E-state index is 11.5. The molecule has 0 aliphatic heterocycles. The first-order chi connectivity index (χ1) is 9.50. The highest BCUT2D eigenvalue weighted by molar-refractivity contribution is 7.52. The van der Waals surface area contributed by atoms with E-state index in [2.05, 4.69) is 0 Å². The van der Waals surface area contributed by atoms with Crippen molar-refractivity contribution in [2.24, 2.45) is 5.73 Å². The summed E-state index contributed by atoms with van der Waals surface area (Å²) >= 11 is 0. The van der Waals surface area contributed by atoms with E-state index in [4.69, 9.17) is 10.8 Å². The van der Waals surface area contributed by atoms with Crippen LogP contribution in [0.5, 0.6) is 0 Å². The third kappa shape index (κ3) is 3.45. The molecule has 0 saturated carbocycles. The number of carboxylic acid groups (broad SMARTS) is 1. The van der Waals surface area contributed by atoms with E-state index in [1.54, 1.807) is 0 Å². The Hall–Kier alpha value is -1.80. The van der Waals surface area contributed by atoms with E-state index in [-0.39, 0.29) is 12.0 Å². The number of carbonyl (C=O) groups is 1. The van der Waals surface area contributed by atoms with E-state index in [1.165, 1.54) is 24.3 Å². The average Bonchev–Trinajstić information content (AvgIpc) is 2.36. The average molecular weight is 318 g/mol. The largest absolute Gasteiger partial charge is 0.480 e. The van der Waals surface area contributed by atoms with Gasteiger partial charge >= 0.3 is 18.8 Å². The van der Waals surface area contributed by atoms with Crippen molar-refractivity contribution in [3.63, 3.8) is 0 Å². The molecule has 1 rings (SSSR count). The van der Waals surface area contributed by atoms with Crippen molar-refractivity contribution in [3.05, 3.63) is 45.5 Å². The zero-order chi connectivity index (χ0) is 16.4. The van der Waals surface area contributed by atoms with E-state index in [0.29, 0.717) is 5.56 Å². The summed E-state index contributed by atoms with van der Waals surface area (Å²) in [7, 11) is -5.09. The molecular formula is C11H15N2O7P. The molecule has 116 valence electrons. The Bertz CT molecular complexity index is 614. The summed E-state index contributed by atoms with van der Waals surface area (Å²) in [5.41, 5.74) is 5.49. The molecule has 0 heterocycles. The van der Waals surface area contributed by atoms with Crippen molar-refractivity contribution in [2.75, 3.05) is 0 Å². The van der Waals surface area contributed by atoms with E-state index in [1.807, 2.05) is 0 Å². The van der Waals surface area contributed by atoms with Crippen LogP contribution in [0.2, 0.25) is 0 Å². The van der Waals surface area contributed by atoms with Gasteiger partial charge in [0, 0.05) is 17.4 Å². The number of nitrogens with zero attached hydrogens (tertiary/aromatic N) is 1. The first kappa shape index (κ1) is 17.3. The minimum Gasteiger partial charge on any atom is -0.480 e. The van der Waals surface area contributed by atoms with Crippen LogP contribution < -0.4 is 5.73 Å². The lowest BCUT2D eigenvalue weighted by molar-refractivity contribution is -0.548. The zero-order valence-electron chi connectivity index (χ0n) is 11.0. The smallest absolute Gasteiger partial charge is 0.406 e.